The van der Waals surface area contributed by atoms with E-state index in [0.29, 0.717) is 12.2 Å². The van der Waals surface area contributed by atoms with Crippen LogP contribution in [0.2, 0.25) is 0 Å². The van der Waals surface area contributed by atoms with Gasteiger partial charge in [0.2, 0.25) is 0 Å². The smallest absolute Gasteiger partial charge is 0.344 e. The molecule has 0 amide bonds. The van der Waals surface area contributed by atoms with Gasteiger partial charge in [-0.25, -0.2) is 19.2 Å². The first kappa shape index (κ1) is 13.4. The highest BCUT2D eigenvalue weighted by Crippen LogP contribution is 2.08. The molecule has 0 rings (SSSR count). The Balaban J connectivity index is 5.69. The lowest BCUT2D eigenvalue weighted by Crippen LogP contribution is -2.17. The molecular weight excluding hydrogens is 224 g/mol. The number of hydrogen-bond donors (Lipinski definition) is 4. The summed E-state index contributed by atoms with van der Waals surface area (Å²) in [6, 6.07) is 0. The third kappa shape index (κ3) is 3.62. The fraction of sp³-hybridized carbons (Fsp3) is 0. The largest absolute Gasteiger partial charge is 0.478 e. The van der Waals surface area contributed by atoms with Crippen molar-refractivity contribution in [3.05, 3.63) is 23.3 Å². The Morgan fingerprint density at radius 3 is 1.38 bits per heavy atom. The lowest BCUT2D eigenvalue weighted by atomic mass is 10.1. The number of carboxylic acid groups (broad SMARTS) is 4. The molecule has 4 N–H and O–H groups in total. The zero-order valence-corrected chi connectivity index (χ0v) is 7.58. The molecule has 0 aromatic rings. The molecule has 8 nitrogen and oxygen atoms in total. The van der Waals surface area contributed by atoms with E-state index in [1.807, 2.05) is 0 Å². The van der Waals surface area contributed by atoms with Crippen molar-refractivity contribution < 1.29 is 39.6 Å². The Hall–Kier alpha value is -2.64. The summed E-state index contributed by atoms with van der Waals surface area (Å²) in [5.74, 6) is -7.33. The van der Waals surface area contributed by atoms with Crippen LogP contribution in [0.3, 0.4) is 0 Å². The highest BCUT2D eigenvalue weighted by molar-refractivity contribution is 6.18. The maximum atomic E-state index is 10.5. The second-order valence-corrected chi connectivity index (χ2v) is 2.38. The molecule has 0 unspecified atom stereocenters. The lowest BCUT2D eigenvalue weighted by molar-refractivity contribution is -0.142. The minimum Gasteiger partial charge on any atom is -0.478 e. The van der Waals surface area contributed by atoms with Gasteiger partial charge in [0.05, 0.1) is 5.57 Å². The molecule has 0 saturated heterocycles. The number of rotatable bonds is 5. The second kappa shape index (κ2) is 5.29. The Morgan fingerprint density at radius 1 is 0.688 bits per heavy atom. The summed E-state index contributed by atoms with van der Waals surface area (Å²) in [5, 5.41) is 33.6. The summed E-state index contributed by atoms with van der Waals surface area (Å²) in [6.45, 7) is 0. The topological polar surface area (TPSA) is 149 Å². The van der Waals surface area contributed by atoms with Gasteiger partial charge in [0.25, 0.3) is 0 Å². The van der Waals surface area contributed by atoms with Crippen LogP contribution in [0.4, 0.5) is 0 Å². The molecule has 0 aromatic heterocycles. The molecule has 8 heteroatoms. The van der Waals surface area contributed by atoms with Crippen LogP contribution in [0, 0.1) is 0 Å². The van der Waals surface area contributed by atoms with E-state index in [9.17, 15) is 19.2 Å². The van der Waals surface area contributed by atoms with Gasteiger partial charge in [0.15, 0.2) is 5.57 Å². The maximum absolute atomic E-state index is 10.5. The monoisotopic (exact) mass is 230 g/mol. The van der Waals surface area contributed by atoms with E-state index in [4.69, 9.17) is 20.4 Å². The summed E-state index contributed by atoms with van der Waals surface area (Å²) in [6.07, 6.45) is 0.720. The Kier molecular flexibility index (Phi) is 4.42. The number of carbonyl (C=O) groups is 4. The van der Waals surface area contributed by atoms with Crippen LogP contribution in [0.25, 0.3) is 0 Å². The van der Waals surface area contributed by atoms with Crippen molar-refractivity contribution in [3.8, 4) is 0 Å². The van der Waals surface area contributed by atoms with Crippen molar-refractivity contribution in [2.75, 3.05) is 0 Å². The van der Waals surface area contributed by atoms with Gasteiger partial charge < -0.3 is 20.4 Å². The minimum absolute atomic E-state index is 0.329. The van der Waals surface area contributed by atoms with Gasteiger partial charge in [-0.3, -0.25) is 0 Å². The molecule has 0 aromatic carbocycles. The molecule has 0 saturated carbocycles. The van der Waals surface area contributed by atoms with Gasteiger partial charge in [-0.1, -0.05) is 0 Å². The van der Waals surface area contributed by atoms with Crippen molar-refractivity contribution in [3.63, 3.8) is 0 Å². The third-order valence-electron chi connectivity index (χ3n) is 1.32. The molecule has 0 atom stereocenters. The maximum Gasteiger partial charge on any atom is 0.344 e. The molecular formula is C8H6O8. The van der Waals surface area contributed by atoms with Crippen molar-refractivity contribution in [1.29, 1.82) is 0 Å². The van der Waals surface area contributed by atoms with E-state index < -0.39 is 35.0 Å². The molecule has 0 spiro atoms. The van der Waals surface area contributed by atoms with E-state index in [1.165, 1.54) is 0 Å². The third-order valence-corrected chi connectivity index (χ3v) is 1.32. The Morgan fingerprint density at radius 2 is 1.12 bits per heavy atom. The fourth-order valence-corrected chi connectivity index (χ4v) is 0.738. The van der Waals surface area contributed by atoms with Crippen molar-refractivity contribution in [2.24, 2.45) is 0 Å². The van der Waals surface area contributed by atoms with Crippen LogP contribution in [0.5, 0.6) is 0 Å². The molecule has 0 bridgehead atoms. The summed E-state index contributed by atoms with van der Waals surface area (Å²) in [5.41, 5.74) is -2.53. The molecule has 86 valence electrons. The van der Waals surface area contributed by atoms with Gasteiger partial charge in [-0.15, -0.1) is 0 Å². The van der Waals surface area contributed by atoms with Crippen molar-refractivity contribution >= 4 is 23.9 Å². The average molecular weight is 230 g/mol. The van der Waals surface area contributed by atoms with E-state index >= 15 is 0 Å². The Bertz CT molecular complexity index is 398. The molecule has 0 fully saturated rings. The van der Waals surface area contributed by atoms with Crippen LogP contribution in [0.15, 0.2) is 23.3 Å². The minimum atomic E-state index is -1.97. The van der Waals surface area contributed by atoms with Crippen molar-refractivity contribution in [2.45, 2.75) is 0 Å². The molecule has 0 heterocycles. The first-order chi connectivity index (χ1) is 7.27. The summed E-state index contributed by atoms with van der Waals surface area (Å²) in [4.78, 5) is 41.5. The predicted molar refractivity (Wildman–Crippen MR) is 46.7 cm³/mol. The fourth-order valence-electron chi connectivity index (χ4n) is 0.738. The summed E-state index contributed by atoms with van der Waals surface area (Å²) < 4.78 is 0. The lowest BCUT2D eigenvalue weighted by Gasteiger charge is -1.99. The first-order valence-electron chi connectivity index (χ1n) is 3.62. The predicted octanol–water partition coefficient (Wildman–Crippen LogP) is -0.822. The zero-order chi connectivity index (χ0) is 12.9. The molecule has 0 aliphatic heterocycles. The molecule has 16 heavy (non-hydrogen) atoms. The van der Waals surface area contributed by atoms with Crippen LogP contribution in [-0.4, -0.2) is 44.3 Å². The standard InChI is InChI=1S/C8H6O8/c9-4(10)2-1-3(6(11)12)5(7(13)14)8(15)16/h1-2H,(H,9,10)(H,11,12)(H,13,14)(H,15,16). The number of aliphatic carboxylic acids is 4. The SMILES string of the molecule is O=C(O)C=CC(C(=O)O)=C(C(=O)O)C(=O)O. The van der Waals surface area contributed by atoms with Crippen LogP contribution in [-0.2, 0) is 19.2 Å². The molecule has 0 radical (unpaired) electrons. The quantitative estimate of drug-likeness (QED) is 0.207. The highest BCUT2D eigenvalue weighted by atomic mass is 16.4. The van der Waals surface area contributed by atoms with Gasteiger partial charge in [-0.05, 0) is 6.08 Å². The Labute approximate surface area is 87.7 Å². The second-order valence-electron chi connectivity index (χ2n) is 2.38. The number of carboxylic acids is 4. The van der Waals surface area contributed by atoms with Crippen LogP contribution >= 0.6 is 0 Å². The van der Waals surface area contributed by atoms with E-state index in [1.54, 1.807) is 0 Å². The summed E-state index contributed by atoms with van der Waals surface area (Å²) in [7, 11) is 0. The molecule has 0 aliphatic rings. The van der Waals surface area contributed by atoms with Gasteiger partial charge in [0, 0.05) is 6.08 Å². The van der Waals surface area contributed by atoms with E-state index in [-0.39, 0.29) is 0 Å². The van der Waals surface area contributed by atoms with Gasteiger partial charge in [-0.2, -0.15) is 0 Å². The van der Waals surface area contributed by atoms with Crippen molar-refractivity contribution in [1.82, 2.24) is 0 Å². The first-order valence-corrected chi connectivity index (χ1v) is 3.62. The number of hydrogen-bond acceptors (Lipinski definition) is 4. The zero-order valence-electron chi connectivity index (χ0n) is 7.58. The van der Waals surface area contributed by atoms with Crippen LogP contribution < -0.4 is 0 Å². The average Bonchev–Trinajstić information content (AvgIpc) is 2.09. The van der Waals surface area contributed by atoms with E-state index in [2.05, 4.69) is 0 Å². The van der Waals surface area contributed by atoms with Gasteiger partial charge in [0.1, 0.15) is 0 Å². The highest BCUT2D eigenvalue weighted by Gasteiger charge is 2.24. The summed E-state index contributed by atoms with van der Waals surface area (Å²) >= 11 is 0. The van der Waals surface area contributed by atoms with E-state index in [0.717, 1.165) is 0 Å². The van der Waals surface area contributed by atoms with Crippen LogP contribution in [0.1, 0.15) is 0 Å². The molecule has 0 aliphatic carbocycles. The van der Waals surface area contributed by atoms with Gasteiger partial charge >= 0.3 is 23.9 Å². The normalized spacial score (nSPS) is 9.75.